The van der Waals surface area contributed by atoms with Crippen molar-refractivity contribution < 1.29 is 22.8 Å². The van der Waals surface area contributed by atoms with Crippen LogP contribution in [0.1, 0.15) is 16.1 Å². The van der Waals surface area contributed by atoms with E-state index in [0.29, 0.717) is 5.69 Å². The number of hydrogen-bond donors (Lipinski definition) is 3. The van der Waals surface area contributed by atoms with Gasteiger partial charge in [0.2, 0.25) is 10.0 Å². The summed E-state index contributed by atoms with van der Waals surface area (Å²) in [6, 6.07) is 5.04. The molecule has 20 heavy (non-hydrogen) atoms. The molecular weight excluding hydrogens is 286 g/mol. The van der Waals surface area contributed by atoms with Gasteiger partial charge in [-0.2, -0.15) is 0 Å². The molecule has 8 nitrogen and oxygen atoms in total. The largest absolute Gasteiger partial charge is 0.478 e. The number of nitrogens with one attached hydrogen (secondary N) is 1. The van der Waals surface area contributed by atoms with Crippen LogP contribution in [0, 0.1) is 0 Å². The van der Waals surface area contributed by atoms with E-state index in [1.165, 1.54) is 18.4 Å². The third kappa shape index (κ3) is 2.95. The molecule has 0 spiro atoms. The van der Waals surface area contributed by atoms with Crippen molar-refractivity contribution in [2.75, 3.05) is 5.73 Å². The molecule has 1 aromatic heterocycles. The summed E-state index contributed by atoms with van der Waals surface area (Å²) in [6.45, 7) is -0.109. The van der Waals surface area contributed by atoms with Gasteiger partial charge in [-0.05, 0) is 18.2 Å². The Morgan fingerprint density at radius 3 is 2.75 bits per heavy atom. The Morgan fingerprint density at radius 1 is 1.40 bits per heavy atom. The minimum Gasteiger partial charge on any atom is -0.478 e. The molecule has 1 aromatic carbocycles. The Hall–Kier alpha value is -2.39. The summed E-state index contributed by atoms with van der Waals surface area (Å²) in [6.07, 6.45) is 1.30. The summed E-state index contributed by atoms with van der Waals surface area (Å²) in [4.78, 5) is 10.7. The highest BCUT2D eigenvalue weighted by molar-refractivity contribution is 7.89. The molecule has 0 fully saturated rings. The molecule has 0 radical (unpaired) electrons. The van der Waals surface area contributed by atoms with Crippen LogP contribution in [-0.4, -0.2) is 24.7 Å². The molecule has 0 aliphatic heterocycles. The number of nitrogens with zero attached hydrogens (tertiary/aromatic N) is 1. The summed E-state index contributed by atoms with van der Waals surface area (Å²) in [5, 5.41) is 12.6. The van der Waals surface area contributed by atoms with E-state index in [9.17, 15) is 13.2 Å². The Kier molecular flexibility index (Phi) is 3.72. The molecule has 0 amide bonds. The molecule has 0 saturated carbocycles. The monoisotopic (exact) mass is 297 g/mol. The van der Waals surface area contributed by atoms with Crippen LogP contribution in [0.25, 0.3) is 0 Å². The Morgan fingerprint density at radius 2 is 2.15 bits per heavy atom. The quantitative estimate of drug-likeness (QED) is 0.681. The van der Waals surface area contributed by atoms with E-state index in [4.69, 9.17) is 10.8 Å². The van der Waals surface area contributed by atoms with Gasteiger partial charge in [0.25, 0.3) is 0 Å². The number of carboxylic acids is 1. The molecule has 2 aromatic rings. The summed E-state index contributed by atoms with van der Waals surface area (Å²) < 4.78 is 31.0. The van der Waals surface area contributed by atoms with Gasteiger partial charge in [0.15, 0.2) is 0 Å². The van der Waals surface area contributed by atoms with Crippen LogP contribution < -0.4 is 10.5 Å². The van der Waals surface area contributed by atoms with Crippen LogP contribution in [0.15, 0.2) is 39.9 Å². The summed E-state index contributed by atoms with van der Waals surface area (Å²) in [5.74, 6) is -1.38. The highest BCUT2D eigenvalue weighted by Gasteiger charge is 2.22. The van der Waals surface area contributed by atoms with Gasteiger partial charge < -0.3 is 15.4 Å². The molecular formula is C11H11N3O5S. The van der Waals surface area contributed by atoms with Gasteiger partial charge in [0.1, 0.15) is 6.26 Å². The maximum absolute atomic E-state index is 12.1. The fourth-order valence-electron chi connectivity index (χ4n) is 1.52. The zero-order chi connectivity index (χ0) is 14.8. The molecule has 1 heterocycles. The number of nitrogen functional groups attached to an aromatic ring is 1. The number of aromatic carboxylic acids is 1. The molecule has 0 atom stereocenters. The van der Waals surface area contributed by atoms with E-state index < -0.39 is 21.6 Å². The van der Waals surface area contributed by atoms with E-state index >= 15 is 0 Å². The predicted molar refractivity (Wildman–Crippen MR) is 68.3 cm³/mol. The highest BCUT2D eigenvalue weighted by atomic mass is 32.2. The molecule has 0 unspecified atom stereocenters. The van der Waals surface area contributed by atoms with Crippen LogP contribution in [0.3, 0.4) is 0 Å². The first-order valence-corrected chi connectivity index (χ1v) is 6.90. The fraction of sp³-hybridized carbons (Fsp3) is 0.0909. The first kappa shape index (κ1) is 14.0. The molecule has 0 aliphatic carbocycles. The molecule has 0 bridgehead atoms. The summed E-state index contributed by atoms with van der Waals surface area (Å²) in [7, 11) is -4.00. The van der Waals surface area contributed by atoms with Gasteiger partial charge in [0, 0.05) is 11.8 Å². The second kappa shape index (κ2) is 5.31. The number of anilines is 1. The number of hydrogen-bond acceptors (Lipinski definition) is 6. The Labute approximate surface area is 114 Å². The average Bonchev–Trinajstić information content (AvgIpc) is 2.89. The van der Waals surface area contributed by atoms with Crippen LogP contribution >= 0.6 is 0 Å². The topological polar surface area (TPSA) is 136 Å². The number of nitrogens with two attached hydrogens (primary N) is 1. The van der Waals surface area contributed by atoms with Gasteiger partial charge in [-0.3, -0.25) is 0 Å². The first-order valence-electron chi connectivity index (χ1n) is 5.42. The first-order chi connectivity index (χ1) is 9.40. The number of benzene rings is 1. The number of sulfonamides is 1. The third-order valence-electron chi connectivity index (χ3n) is 2.46. The number of carboxylic acid groups (broad SMARTS) is 1. The zero-order valence-corrected chi connectivity index (χ0v) is 10.9. The van der Waals surface area contributed by atoms with Crippen molar-refractivity contribution >= 4 is 21.7 Å². The predicted octanol–water partition coefficient (Wildman–Crippen LogP) is 0.433. The van der Waals surface area contributed by atoms with Gasteiger partial charge in [0.05, 0.1) is 22.7 Å². The van der Waals surface area contributed by atoms with E-state index in [-0.39, 0.29) is 17.1 Å². The van der Waals surface area contributed by atoms with E-state index in [1.54, 1.807) is 0 Å². The van der Waals surface area contributed by atoms with Gasteiger partial charge in [-0.1, -0.05) is 5.16 Å². The standard InChI is InChI=1S/C11H11N3O5S/c12-7-1-2-10(9(5-7)11(15)16)20(17,18)13-6-8-3-4-19-14-8/h1-5,13H,6,12H2,(H,15,16). The van der Waals surface area contributed by atoms with E-state index in [1.807, 2.05) is 0 Å². The SMILES string of the molecule is Nc1ccc(S(=O)(=O)NCc2ccon2)c(C(=O)O)c1. The molecule has 9 heteroatoms. The molecule has 0 saturated heterocycles. The van der Waals surface area contributed by atoms with Crippen LogP contribution in [0.4, 0.5) is 5.69 Å². The van der Waals surface area contributed by atoms with E-state index in [2.05, 4.69) is 14.4 Å². The molecule has 4 N–H and O–H groups in total. The van der Waals surface area contributed by atoms with E-state index in [0.717, 1.165) is 12.1 Å². The van der Waals surface area contributed by atoms with Gasteiger partial charge >= 0.3 is 5.97 Å². The summed E-state index contributed by atoms with van der Waals surface area (Å²) >= 11 is 0. The summed E-state index contributed by atoms with van der Waals surface area (Å²) in [5.41, 5.74) is 5.61. The highest BCUT2D eigenvalue weighted by Crippen LogP contribution is 2.19. The normalized spacial score (nSPS) is 11.4. The second-order valence-electron chi connectivity index (χ2n) is 3.88. The molecule has 0 aliphatic rings. The average molecular weight is 297 g/mol. The number of aromatic nitrogens is 1. The van der Waals surface area contributed by atoms with Crippen LogP contribution in [0.5, 0.6) is 0 Å². The Balaban J connectivity index is 2.31. The van der Waals surface area contributed by atoms with Gasteiger partial charge in [-0.25, -0.2) is 17.9 Å². The molecule has 2 rings (SSSR count). The molecule has 106 valence electrons. The minimum atomic E-state index is -4.00. The zero-order valence-electron chi connectivity index (χ0n) is 10.1. The van der Waals surface area contributed by atoms with Crippen molar-refractivity contribution in [2.45, 2.75) is 11.4 Å². The van der Waals surface area contributed by atoms with Gasteiger partial charge in [-0.15, -0.1) is 0 Å². The fourth-order valence-corrected chi connectivity index (χ4v) is 2.70. The lowest BCUT2D eigenvalue weighted by atomic mass is 10.2. The lowest BCUT2D eigenvalue weighted by Gasteiger charge is -2.09. The van der Waals surface area contributed by atoms with Crippen molar-refractivity contribution in [1.82, 2.24) is 9.88 Å². The minimum absolute atomic E-state index is 0.109. The van der Waals surface area contributed by atoms with Crippen molar-refractivity contribution in [1.29, 1.82) is 0 Å². The van der Waals surface area contributed by atoms with Crippen LogP contribution in [0.2, 0.25) is 0 Å². The Bertz CT molecular complexity index is 725. The van der Waals surface area contributed by atoms with Crippen LogP contribution in [-0.2, 0) is 16.6 Å². The van der Waals surface area contributed by atoms with Crippen molar-refractivity contribution in [3.8, 4) is 0 Å². The lowest BCUT2D eigenvalue weighted by molar-refractivity contribution is 0.0692. The number of carbonyl (C=O) groups is 1. The maximum atomic E-state index is 12.1. The lowest BCUT2D eigenvalue weighted by Crippen LogP contribution is -2.25. The maximum Gasteiger partial charge on any atom is 0.337 e. The number of rotatable bonds is 5. The van der Waals surface area contributed by atoms with Crippen molar-refractivity contribution in [3.63, 3.8) is 0 Å². The third-order valence-corrected chi connectivity index (χ3v) is 3.92. The van der Waals surface area contributed by atoms with Crippen molar-refractivity contribution in [2.24, 2.45) is 0 Å². The van der Waals surface area contributed by atoms with Crippen molar-refractivity contribution in [3.05, 3.63) is 41.8 Å². The smallest absolute Gasteiger partial charge is 0.337 e. The second-order valence-corrected chi connectivity index (χ2v) is 5.61.